The lowest BCUT2D eigenvalue weighted by atomic mass is 9.93. The average molecular weight is 741 g/mol. The van der Waals surface area contributed by atoms with Crippen LogP contribution in [0, 0.1) is 18.3 Å². The highest BCUT2D eigenvalue weighted by Gasteiger charge is 2.33. The van der Waals surface area contributed by atoms with Crippen LogP contribution in [0.2, 0.25) is 5.02 Å². The van der Waals surface area contributed by atoms with Crippen molar-refractivity contribution in [1.29, 1.82) is 5.26 Å². The van der Waals surface area contributed by atoms with Crippen LogP contribution in [-0.2, 0) is 24.4 Å². The largest absolute Gasteiger partial charge is 0.493 e. The van der Waals surface area contributed by atoms with Crippen LogP contribution in [0.25, 0.3) is 11.1 Å². The summed E-state index contributed by atoms with van der Waals surface area (Å²) in [6.07, 6.45) is 5.86. The molecule has 6 rings (SSSR count). The molecular formula is C41H45ClN4O7. The van der Waals surface area contributed by atoms with Gasteiger partial charge in [-0.3, -0.25) is 15.1 Å². The topological polar surface area (TPSA) is 157 Å². The highest BCUT2D eigenvalue weighted by Crippen LogP contribution is 2.44. The molecule has 12 heteroatoms. The standard InChI is InChI=1S/C41H45ClN4O7/c1-26-31(6-4-9-36(26)51-15-5-13-46-14-12-30(48)23-46)32-7-3-8-34-33(32)10-11-37(34)53-39-18-38(52-24-28-16-27(19-43)20-44-21-28)29(17-35(39)42)22-45-41(2,25-47)40(49)50/h3-4,6-9,16-18,20-21,30,37,45,47-48H,5,10-15,22-25H2,1-2H3,(H,49,50). The van der Waals surface area contributed by atoms with Gasteiger partial charge in [0.2, 0.25) is 0 Å². The second-order valence-corrected chi connectivity index (χ2v) is 14.3. The predicted octanol–water partition coefficient (Wildman–Crippen LogP) is 5.99. The summed E-state index contributed by atoms with van der Waals surface area (Å²) in [4.78, 5) is 18.2. The van der Waals surface area contributed by atoms with Crippen LogP contribution in [0.1, 0.15) is 65.7 Å². The third kappa shape index (κ3) is 8.92. The number of nitrogens with zero attached hydrogens (tertiary/aromatic N) is 3. The van der Waals surface area contributed by atoms with Gasteiger partial charge in [-0.15, -0.1) is 0 Å². The number of hydrogen-bond acceptors (Lipinski definition) is 10. The van der Waals surface area contributed by atoms with Crippen molar-refractivity contribution >= 4 is 17.6 Å². The van der Waals surface area contributed by atoms with E-state index in [1.807, 2.05) is 18.2 Å². The second-order valence-electron chi connectivity index (χ2n) is 13.9. The Morgan fingerprint density at radius 2 is 1.91 bits per heavy atom. The molecule has 3 aromatic carbocycles. The first-order valence-corrected chi connectivity index (χ1v) is 18.3. The van der Waals surface area contributed by atoms with Gasteiger partial charge in [0, 0.05) is 55.8 Å². The molecule has 4 N–H and O–H groups in total. The molecule has 1 aliphatic heterocycles. The molecule has 2 heterocycles. The van der Waals surface area contributed by atoms with Crippen molar-refractivity contribution in [2.45, 2.75) is 70.4 Å². The second kappa shape index (κ2) is 17.0. The molecule has 0 radical (unpaired) electrons. The number of aliphatic hydroxyl groups is 2. The Balaban J connectivity index is 1.21. The van der Waals surface area contributed by atoms with Crippen molar-refractivity contribution in [3.63, 3.8) is 0 Å². The summed E-state index contributed by atoms with van der Waals surface area (Å²) >= 11 is 6.82. The number of carboxylic acids is 1. The summed E-state index contributed by atoms with van der Waals surface area (Å²) in [7, 11) is 0. The number of fused-ring (bicyclic) bond motifs is 1. The molecule has 1 saturated heterocycles. The molecule has 1 fully saturated rings. The fourth-order valence-electron chi connectivity index (χ4n) is 6.91. The molecule has 53 heavy (non-hydrogen) atoms. The lowest BCUT2D eigenvalue weighted by Gasteiger charge is -2.25. The number of aliphatic carboxylic acids is 1. The maximum atomic E-state index is 11.9. The smallest absolute Gasteiger partial charge is 0.326 e. The van der Waals surface area contributed by atoms with Gasteiger partial charge in [-0.1, -0.05) is 41.9 Å². The summed E-state index contributed by atoms with van der Waals surface area (Å²) in [5.74, 6) is 0.480. The third-order valence-electron chi connectivity index (χ3n) is 10.1. The van der Waals surface area contributed by atoms with Gasteiger partial charge in [0.25, 0.3) is 0 Å². The predicted molar refractivity (Wildman–Crippen MR) is 200 cm³/mol. The van der Waals surface area contributed by atoms with Crippen LogP contribution in [0.5, 0.6) is 17.2 Å². The number of likely N-dealkylation sites (tertiary alicyclic amines) is 1. The molecule has 0 spiro atoms. The molecular weight excluding hydrogens is 696 g/mol. The molecule has 278 valence electrons. The molecule has 0 amide bonds. The number of aliphatic hydroxyl groups excluding tert-OH is 2. The molecule has 2 aliphatic rings. The average Bonchev–Trinajstić information content (AvgIpc) is 3.78. The Kier molecular flexibility index (Phi) is 12.2. The first-order chi connectivity index (χ1) is 25.6. The van der Waals surface area contributed by atoms with Gasteiger partial charge in [0.1, 0.15) is 41.6 Å². The van der Waals surface area contributed by atoms with Gasteiger partial charge >= 0.3 is 5.97 Å². The first kappa shape index (κ1) is 38.0. The van der Waals surface area contributed by atoms with E-state index in [2.05, 4.69) is 46.4 Å². The molecule has 1 aliphatic carbocycles. The number of rotatable bonds is 16. The van der Waals surface area contributed by atoms with Gasteiger partial charge < -0.3 is 34.4 Å². The Morgan fingerprint density at radius 3 is 2.66 bits per heavy atom. The number of carboxylic acid groups (broad SMARTS) is 1. The van der Waals surface area contributed by atoms with Crippen LogP contribution in [0.15, 0.2) is 67.0 Å². The number of pyridine rings is 1. The van der Waals surface area contributed by atoms with E-state index in [0.717, 1.165) is 73.3 Å². The van der Waals surface area contributed by atoms with Crippen molar-refractivity contribution in [1.82, 2.24) is 15.2 Å². The number of halogens is 1. The number of carbonyl (C=O) groups is 1. The maximum Gasteiger partial charge on any atom is 0.326 e. The lowest BCUT2D eigenvalue weighted by Crippen LogP contribution is -2.52. The molecule has 3 unspecified atom stereocenters. The van der Waals surface area contributed by atoms with Crippen molar-refractivity contribution < 1.29 is 34.3 Å². The Morgan fingerprint density at radius 1 is 1.09 bits per heavy atom. The Labute approximate surface area is 314 Å². The van der Waals surface area contributed by atoms with E-state index in [1.54, 1.807) is 24.4 Å². The number of nitriles is 1. The van der Waals surface area contributed by atoms with Gasteiger partial charge in [-0.25, -0.2) is 0 Å². The zero-order valence-electron chi connectivity index (χ0n) is 30.0. The number of β-amino-alcohol motifs (C(OH)–C–C–N with tert-alkyl or cyclic N) is 1. The molecule has 11 nitrogen and oxygen atoms in total. The molecule has 4 aromatic rings. The fourth-order valence-corrected chi connectivity index (χ4v) is 7.14. The van der Waals surface area contributed by atoms with Gasteiger partial charge in [0.05, 0.1) is 29.9 Å². The third-order valence-corrected chi connectivity index (χ3v) is 10.4. The van der Waals surface area contributed by atoms with Crippen molar-refractivity contribution in [3.05, 3.63) is 105 Å². The van der Waals surface area contributed by atoms with E-state index in [1.165, 1.54) is 18.7 Å². The summed E-state index contributed by atoms with van der Waals surface area (Å²) < 4.78 is 19.1. The molecule has 1 aromatic heterocycles. The van der Waals surface area contributed by atoms with Gasteiger partial charge in [0.15, 0.2) is 0 Å². The fraction of sp³-hybridized carbons (Fsp3) is 0.390. The van der Waals surface area contributed by atoms with E-state index >= 15 is 0 Å². The van der Waals surface area contributed by atoms with E-state index in [0.29, 0.717) is 39.8 Å². The van der Waals surface area contributed by atoms with Crippen LogP contribution in [0.4, 0.5) is 0 Å². The molecule has 0 saturated carbocycles. The first-order valence-electron chi connectivity index (χ1n) is 17.9. The van der Waals surface area contributed by atoms with Crippen molar-refractivity contribution in [2.24, 2.45) is 0 Å². The summed E-state index contributed by atoms with van der Waals surface area (Å²) in [5.41, 5.74) is 5.66. The monoisotopic (exact) mass is 740 g/mol. The van der Waals surface area contributed by atoms with Crippen LogP contribution in [0.3, 0.4) is 0 Å². The van der Waals surface area contributed by atoms with Gasteiger partial charge in [-0.2, -0.15) is 5.26 Å². The number of nitrogens with one attached hydrogen (secondary N) is 1. The zero-order valence-corrected chi connectivity index (χ0v) is 30.7. The van der Waals surface area contributed by atoms with Crippen LogP contribution < -0.4 is 19.5 Å². The number of benzene rings is 3. The highest BCUT2D eigenvalue weighted by molar-refractivity contribution is 6.32. The number of hydrogen-bond donors (Lipinski definition) is 4. The highest BCUT2D eigenvalue weighted by atomic mass is 35.5. The SMILES string of the molecule is Cc1c(OCCCN2CCC(O)C2)cccc1-c1cccc2c1CCC2Oc1cc(OCc2cncc(C#N)c2)c(CNC(C)(CO)C(=O)O)cc1Cl. The number of ether oxygens (including phenoxy) is 3. The summed E-state index contributed by atoms with van der Waals surface area (Å²) in [5, 5.41) is 41.8. The number of aromatic nitrogens is 1. The normalized spacial score (nSPS) is 17.9. The van der Waals surface area contributed by atoms with Crippen LogP contribution >= 0.6 is 11.6 Å². The van der Waals surface area contributed by atoms with Gasteiger partial charge in [-0.05, 0) is 85.5 Å². The summed E-state index contributed by atoms with van der Waals surface area (Å²) in [6.45, 7) is 6.17. The minimum absolute atomic E-state index is 0.0372. The van der Waals surface area contributed by atoms with Crippen molar-refractivity contribution in [3.8, 4) is 34.4 Å². The minimum Gasteiger partial charge on any atom is -0.493 e. The lowest BCUT2D eigenvalue weighted by molar-refractivity contribution is -0.145. The van der Waals surface area contributed by atoms with E-state index in [-0.39, 0.29) is 25.4 Å². The molecule has 3 atom stereocenters. The minimum atomic E-state index is -1.59. The Bertz CT molecular complexity index is 1980. The Hall–Kier alpha value is -4.70. The summed E-state index contributed by atoms with van der Waals surface area (Å²) in [6, 6.07) is 19.6. The quantitative estimate of drug-likeness (QED) is 0.100. The van der Waals surface area contributed by atoms with E-state index < -0.39 is 18.1 Å². The van der Waals surface area contributed by atoms with E-state index in [4.69, 9.17) is 25.8 Å². The van der Waals surface area contributed by atoms with Crippen LogP contribution in [-0.4, -0.2) is 75.7 Å². The maximum absolute atomic E-state index is 11.9. The molecule has 0 bridgehead atoms. The van der Waals surface area contributed by atoms with Crippen molar-refractivity contribution in [2.75, 3.05) is 32.8 Å². The zero-order chi connectivity index (χ0) is 37.5. The van der Waals surface area contributed by atoms with E-state index in [9.17, 15) is 25.4 Å².